The van der Waals surface area contributed by atoms with E-state index in [1.807, 2.05) is 0 Å². The molecule has 7 heteroatoms. The molecule has 0 fully saturated rings. The zero-order valence-electron chi connectivity index (χ0n) is 11.0. The molecule has 0 aliphatic carbocycles. The molecule has 2 rings (SSSR count). The van der Waals surface area contributed by atoms with Crippen LogP contribution in [0.2, 0.25) is 0 Å². The van der Waals surface area contributed by atoms with Gasteiger partial charge in [-0.05, 0) is 26.0 Å². The van der Waals surface area contributed by atoms with E-state index in [2.05, 4.69) is 15.5 Å². The molecule has 104 valence electrons. The maximum Gasteiger partial charge on any atom is 0.357 e. The highest BCUT2D eigenvalue weighted by atomic mass is 16.5. The predicted molar refractivity (Wildman–Crippen MR) is 69.0 cm³/mol. The minimum Gasteiger partial charge on any atom is -0.448 e. The molecule has 0 aromatic carbocycles. The molecule has 1 atom stereocenters. The van der Waals surface area contributed by atoms with Gasteiger partial charge in [0.1, 0.15) is 11.5 Å². The summed E-state index contributed by atoms with van der Waals surface area (Å²) < 4.78 is 9.82. The fourth-order valence-corrected chi connectivity index (χ4v) is 1.41. The monoisotopic (exact) mass is 275 g/mol. The molecule has 1 N–H and O–H groups in total. The molecule has 0 radical (unpaired) electrons. The van der Waals surface area contributed by atoms with E-state index in [0.29, 0.717) is 5.76 Å². The molecule has 0 aliphatic rings. The van der Waals surface area contributed by atoms with Crippen LogP contribution < -0.4 is 5.32 Å². The van der Waals surface area contributed by atoms with E-state index in [9.17, 15) is 9.59 Å². The topological polar surface area (TPSA) is 94.3 Å². The molecule has 0 spiro atoms. The second-order valence-electron chi connectivity index (χ2n) is 4.07. The summed E-state index contributed by atoms with van der Waals surface area (Å²) in [5, 5.41) is 6.09. The third-order valence-electron chi connectivity index (χ3n) is 2.41. The van der Waals surface area contributed by atoms with Crippen molar-refractivity contribution in [3.63, 3.8) is 0 Å². The number of rotatable bonds is 4. The number of pyridine rings is 1. The Balaban J connectivity index is 1.92. The molecular weight excluding hydrogens is 262 g/mol. The Morgan fingerprint density at radius 2 is 2.20 bits per heavy atom. The first-order valence-corrected chi connectivity index (χ1v) is 5.92. The third-order valence-corrected chi connectivity index (χ3v) is 2.41. The van der Waals surface area contributed by atoms with Gasteiger partial charge in [0.15, 0.2) is 11.9 Å². The van der Waals surface area contributed by atoms with Crippen LogP contribution in [-0.4, -0.2) is 28.1 Å². The third kappa shape index (κ3) is 3.41. The number of esters is 1. The summed E-state index contributed by atoms with van der Waals surface area (Å²) in [6, 6.07) is 6.41. The molecule has 7 nitrogen and oxygen atoms in total. The standard InChI is InChI=1S/C13H13N3O4/c1-8-7-11(16-20-8)15-12(17)9(2)19-13(18)10-5-3-4-6-14-10/h3-7,9H,1-2H3,(H,15,16,17)/t9-/m1/s1. The maximum atomic E-state index is 11.8. The van der Waals surface area contributed by atoms with Crippen molar-refractivity contribution in [3.8, 4) is 0 Å². The van der Waals surface area contributed by atoms with Gasteiger partial charge in [0.2, 0.25) is 0 Å². The molecule has 0 aliphatic heterocycles. The van der Waals surface area contributed by atoms with Crippen molar-refractivity contribution in [2.45, 2.75) is 20.0 Å². The Labute approximate surface area is 114 Å². The largest absolute Gasteiger partial charge is 0.448 e. The SMILES string of the molecule is Cc1cc(NC(=O)[C@@H](C)OC(=O)c2ccccn2)no1. The molecule has 0 unspecified atom stereocenters. The lowest BCUT2D eigenvalue weighted by Gasteiger charge is -2.11. The normalized spacial score (nSPS) is 11.7. The number of hydrogen-bond acceptors (Lipinski definition) is 6. The van der Waals surface area contributed by atoms with E-state index in [4.69, 9.17) is 9.26 Å². The highest BCUT2D eigenvalue weighted by Crippen LogP contribution is 2.08. The number of nitrogens with zero attached hydrogens (tertiary/aromatic N) is 2. The summed E-state index contributed by atoms with van der Waals surface area (Å²) in [6.45, 7) is 3.16. The zero-order valence-corrected chi connectivity index (χ0v) is 11.0. The number of nitrogens with one attached hydrogen (secondary N) is 1. The number of amides is 1. The highest BCUT2D eigenvalue weighted by molar-refractivity contribution is 5.96. The first-order valence-electron chi connectivity index (χ1n) is 5.92. The van der Waals surface area contributed by atoms with Crippen molar-refractivity contribution < 1.29 is 18.8 Å². The fraction of sp³-hybridized carbons (Fsp3) is 0.231. The van der Waals surface area contributed by atoms with Crippen molar-refractivity contribution in [1.82, 2.24) is 10.1 Å². The number of aryl methyl sites for hydroxylation is 1. The van der Waals surface area contributed by atoms with Crippen LogP contribution in [0.3, 0.4) is 0 Å². The minimum atomic E-state index is -0.971. The van der Waals surface area contributed by atoms with Crippen molar-refractivity contribution in [3.05, 3.63) is 41.9 Å². The van der Waals surface area contributed by atoms with Gasteiger partial charge in [-0.25, -0.2) is 9.78 Å². The van der Waals surface area contributed by atoms with Gasteiger partial charge in [0.05, 0.1) is 0 Å². The molecule has 0 saturated carbocycles. The molecule has 2 aromatic heterocycles. The van der Waals surface area contributed by atoms with Gasteiger partial charge < -0.3 is 14.6 Å². The number of aromatic nitrogens is 2. The van der Waals surface area contributed by atoms with Crippen LogP contribution in [0.25, 0.3) is 0 Å². The number of ether oxygens (including phenoxy) is 1. The van der Waals surface area contributed by atoms with Crippen LogP contribution in [0.1, 0.15) is 23.2 Å². The van der Waals surface area contributed by atoms with Gasteiger partial charge in [-0.1, -0.05) is 11.2 Å². The van der Waals surface area contributed by atoms with Gasteiger partial charge in [0.25, 0.3) is 5.91 Å². The van der Waals surface area contributed by atoms with Gasteiger partial charge in [-0.2, -0.15) is 0 Å². The van der Waals surface area contributed by atoms with Crippen LogP contribution >= 0.6 is 0 Å². The molecule has 1 amide bonds. The molecule has 0 saturated heterocycles. The summed E-state index contributed by atoms with van der Waals surface area (Å²) in [5.74, 6) is -0.321. The molecule has 2 aromatic rings. The van der Waals surface area contributed by atoms with E-state index < -0.39 is 18.0 Å². The van der Waals surface area contributed by atoms with Crippen LogP contribution in [-0.2, 0) is 9.53 Å². The average Bonchev–Trinajstić information content (AvgIpc) is 2.85. The predicted octanol–water partition coefficient (Wildman–Crippen LogP) is 1.56. The average molecular weight is 275 g/mol. The summed E-state index contributed by atoms with van der Waals surface area (Å²) in [6.07, 6.45) is 0.501. The second kappa shape index (κ2) is 5.96. The Bertz CT molecular complexity index is 609. The van der Waals surface area contributed by atoms with Crippen LogP contribution in [0.5, 0.6) is 0 Å². The number of hydrogen-bond donors (Lipinski definition) is 1. The van der Waals surface area contributed by atoms with E-state index in [1.54, 1.807) is 25.1 Å². The number of anilines is 1. The van der Waals surface area contributed by atoms with E-state index in [1.165, 1.54) is 19.2 Å². The van der Waals surface area contributed by atoms with Crippen molar-refractivity contribution in [2.24, 2.45) is 0 Å². The highest BCUT2D eigenvalue weighted by Gasteiger charge is 2.20. The van der Waals surface area contributed by atoms with Gasteiger partial charge in [-0.15, -0.1) is 0 Å². The fourth-order valence-electron chi connectivity index (χ4n) is 1.41. The van der Waals surface area contributed by atoms with Gasteiger partial charge in [-0.3, -0.25) is 4.79 Å². The van der Waals surface area contributed by atoms with Crippen LogP contribution in [0, 0.1) is 6.92 Å². The lowest BCUT2D eigenvalue weighted by molar-refractivity contribution is -0.123. The van der Waals surface area contributed by atoms with Crippen molar-refractivity contribution in [1.29, 1.82) is 0 Å². The smallest absolute Gasteiger partial charge is 0.357 e. The van der Waals surface area contributed by atoms with Crippen molar-refractivity contribution in [2.75, 3.05) is 5.32 Å². The summed E-state index contributed by atoms with van der Waals surface area (Å²) in [4.78, 5) is 27.4. The molecule has 2 heterocycles. The second-order valence-corrected chi connectivity index (χ2v) is 4.07. The lowest BCUT2D eigenvalue weighted by Crippen LogP contribution is -2.30. The van der Waals surface area contributed by atoms with E-state index in [-0.39, 0.29) is 11.5 Å². The Hall–Kier alpha value is -2.70. The summed E-state index contributed by atoms with van der Waals surface area (Å²) in [5.41, 5.74) is 0.143. The van der Waals surface area contributed by atoms with E-state index >= 15 is 0 Å². The first kappa shape index (κ1) is 13.7. The zero-order chi connectivity index (χ0) is 14.5. The Morgan fingerprint density at radius 1 is 1.40 bits per heavy atom. The first-order chi connectivity index (χ1) is 9.56. The van der Waals surface area contributed by atoms with Crippen LogP contribution in [0.4, 0.5) is 5.82 Å². The van der Waals surface area contributed by atoms with Gasteiger partial charge in [0, 0.05) is 12.3 Å². The van der Waals surface area contributed by atoms with Crippen LogP contribution in [0.15, 0.2) is 35.0 Å². The molecular formula is C13H13N3O4. The molecule has 0 bridgehead atoms. The Morgan fingerprint density at radius 3 is 2.80 bits per heavy atom. The minimum absolute atomic E-state index is 0.143. The number of carbonyl (C=O) groups is 2. The van der Waals surface area contributed by atoms with Gasteiger partial charge >= 0.3 is 5.97 Å². The maximum absolute atomic E-state index is 11.8. The number of carbonyl (C=O) groups excluding carboxylic acids is 2. The van der Waals surface area contributed by atoms with Crippen molar-refractivity contribution >= 4 is 17.7 Å². The lowest BCUT2D eigenvalue weighted by atomic mass is 10.3. The van der Waals surface area contributed by atoms with E-state index in [0.717, 1.165) is 0 Å². The summed E-state index contributed by atoms with van der Waals surface area (Å²) in [7, 11) is 0. The Kier molecular flexibility index (Phi) is 4.09. The summed E-state index contributed by atoms with van der Waals surface area (Å²) >= 11 is 0. The quantitative estimate of drug-likeness (QED) is 0.851. The molecule has 20 heavy (non-hydrogen) atoms.